The Morgan fingerprint density at radius 1 is 1.47 bits per heavy atom. The van der Waals surface area contributed by atoms with E-state index < -0.39 is 0 Å². The maximum atomic E-state index is 11.4. The van der Waals surface area contributed by atoms with E-state index in [2.05, 4.69) is 15.6 Å². The molecule has 0 spiro atoms. The van der Waals surface area contributed by atoms with Crippen molar-refractivity contribution < 1.29 is 4.79 Å². The maximum Gasteiger partial charge on any atom is 0.315 e. The first kappa shape index (κ1) is 10.1. The summed E-state index contributed by atoms with van der Waals surface area (Å²) in [5.41, 5.74) is 1.95. The molecule has 0 bridgehead atoms. The number of rotatable bonds is 3. The van der Waals surface area contributed by atoms with Crippen molar-refractivity contribution in [1.82, 2.24) is 20.0 Å². The molecular formula is C12H14N4O. The van der Waals surface area contributed by atoms with Crippen molar-refractivity contribution in [2.45, 2.75) is 25.4 Å². The van der Waals surface area contributed by atoms with Gasteiger partial charge in [0, 0.05) is 31.2 Å². The predicted molar refractivity (Wildman–Crippen MR) is 63.6 cm³/mol. The van der Waals surface area contributed by atoms with E-state index in [-0.39, 0.29) is 6.03 Å². The maximum absolute atomic E-state index is 11.4. The van der Waals surface area contributed by atoms with E-state index in [1.54, 1.807) is 6.20 Å². The van der Waals surface area contributed by atoms with Crippen LogP contribution >= 0.6 is 0 Å². The summed E-state index contributed by atoms with van der Waals surface area (Å²) in [6.45, 7) is 0.530. The van der Waals surface area contributed by atoms with Gasteiger partial charge in [0.05, 0.1) is 0 Å². The van der Waals surface area contributed by atoms with Gasteiger partial charge >= 0.3 is 6.03 Å². The third kappa shape index (κ3) is 2.38. The molecule has 1 aliphatic rings. The Balaban J connectivity index is 1.61. The molecule has 5 heteroatoms. The topological polar surface area (TPSA) is 58.4 Å². The quantitative estimate of drug-likeness (QED) is 0.835. The average Bonchev–Trinajstić information content (AvgIpc) is 3.01. The van der Waals surface area contributed by atoms with Crippen molar-refractivity contribution in [3.63, 3.8) is 0 Å². The summed E-state index contributed by atoms with van der Waals surface area (Å²) >= 11 is 0. The summed E-state index contributed by atoms with van der Waals surface area (Å²) in [5.74, 6) is 0. The number of amides is 2. The lowest BCUT2D eigenvalue weighted by molar-refractivity contribution is 0.240. The average molecular weight is 230 g/mol. The van der Waals surface area contributed by atoms with Gasteiger partial charge in [0.1, 0.15) is 5.65 Å². The molecule has 2 heterocycles. The van der Waals surface area contributed by atoms with Crippen molar-refractivity contribution in [2.75, 3.05) is 0 Å². The molecule has 2 aromatic rings. The molecule has 2 amide bonds. The highest BCUT2D eigenvalue weighted by Gasteiger charge is 2.22. The van der Waals surface area contributed by atoms with Crippen molar-refractivity contribution in [3.05, 3.63) is 36.3 Å². The van der Waals surface area contributed by atoms with Gasteiger partial charge in [-0.15, -0.1) is 0 Å². The molecule has 1 aliphatic carbocycles. The number of aromatic nitrogens is 2. The summed E-state index contributed by atoms with van der Waals surface area (Å²) in [6.07, 6.45) is 7.80. The fraction of sp³-hybridized carbons (Fsp3) is 0.333. The van der Waals surface area contributed by atoms with Crippen LogP contribution in [0.2, 0.25) is 0 Å². The fourth-order valence-corrected chi connectivity index (χ4v) is 1.71. The first-order valence-corrected chi connectivity index (χ1v) is 5.77. The Labute approximate surface area is 98.8 Å². The Bertz CT molecular complexity index is 544. The van der Waals surface area contributed by atoms with E-state index in [0.717, 1.165) is 24.1 Å². The molecule has 2 N–H and O–H groups in total. The Hall–Kier alpha value is -2.04. The van der Waals surface area contributed by atoms with Crippen LogP contribution in [-0.4, -0.2) is 21.5 Å². The van der Waals surface area contributed by atoms with E-state index in [0.29, 0.717) is 12.6 Å². The molecule has 17 heavy (non-hydrogen) atoms. The zero-order valence-electron chi connectivity index (χ0n) is 9.39. The molecular weight excluding hydrogens is 216 g/mol. The van der Waals surface area contributed by atoms with Gasteiger partial charge in [0.2, 0.25) is 0 Å². The molecule has 88 valence electrons. The van der Waals surface area contributed by atoms with Crippen LogP contribution < -0.4 is 10.6 Å². The van der Waals surface area contributed by atoms with Crippen LogP contribution in [0.3, 0.4) is 0 Å². The lowest BCUT2D eigenvalue weighted by Crippen LogP contribution is -2.36. The zero-order chi connectivity index (χ0) is 11.7. The van der Waals surface area contributed by atoms with Crippen LogP contribution in [0.1, 0.15) is 18.4 Å². The van der Waals surface area contributed by atoms with E-state index in [1.807, 2.05) is 28.9 Å². The number of imidazole rings is 1. The monoisotopic (exact) mass is 230 g/mol. The highest BCUT2D eigenvalue weighted by molar-refractivity contribution is 5.74. The first-order chi connectivity index (χ1) is 8.31. The van der Waals surface area contributed by atoms with Crippen LogP contribution in [0, 0.1) is 0 Å². The lowest BCUT2D eigenvalue weighted by atomic mass is 10.2. The fourth-order valence-electron chi connectivity index (χ4n) is 1.71. The Morgan fingerprint density at radius 2 is 2.35 bits per heavy atom. The minimum atomic E-state index is -0.0873. The number of urea groups is 1. The second-order valence-corrected chi connectivity index (χ2v) is 4.33. The number of pyridine rings is 1. The second kappa shape index (κ2) is 4.08. The van der Waals surface area contributed by atoms with Crippen molar-refractivity contribution in [2.24, 2.45) is 0 Å². The highest BCUT2D eigenvalue weighted by Crippen LogP contribution is 2.18. The van der Waals surface area contributed by atoms with Gasteiger partial charge in [-0.2, -0.15) is 0 Å². The van der Waals surface area contributed by atoms with Gasteiger partial charge in [-0.1, -0.05) is 0 Å². The van der Waals surface area contributed by atoms with Crippen LogP contribution in [0.15, 0.2) is 30.7 Å². The molecule has 1 saturated carbocycles. The van der Waals surface area contributed by atoms with Gasteiger partial charge in [-0.05, 0) is 30.5 Å². The Morgan fingerprint density at radius 3 is 3.18 bits per heavy atom. The number of nitrogens with one attached hydrogen (secondary N) is 2. The summed E-state index contributed by atoms with van der Waals surface area (Å²) in [5, 5.41) is 5.73. The zero-order valence-corrected chi connectivity index (χ0v) is 9.39. The SMILES string of the molecule is O=C(NCc1ccn2ccnc2c1)NC1CC1. The molecule has 2 aromatic heterocycles. The van der Waals surface area contributed by atoms with Crippen LogP contribution in [0.5, 0.6) is 0 Å². The van der Waals surface area contributed by atoms with Gasteiger partial charge in [0.25, 0.3) is 0 Å². The van der Waals surface area contributed by atoms with Gasteiger partial charge < -0.3 is 15.0 Å². The number of fused-ring (bicyclic) bond motifs is 1. The molecule has 0 aromatic carbocycles. The van der Waals surface area contributed by atoms with Gasteiger partial charge in [-0.3, -0.25) is 0 Å². The predicted octanol–water partition coefficient (Wildman–Crippen LogP) is 1.30. The number of hydrogen-bond donors (Lipinski definition) is 2. The molecule has 0 unspecified atom stereocenters. The molecule has 1 fully saturated rings. The van der Waals surface area contributed by atoms with Crippen molar-refractivity contribution in [3.8, 4) is 0 Å². The number of carbonyl (C=O) groups excluding carboxylic acids is 1. The molecule has 5 nitrogen and oxygen atoms in total. The largest absolute Gasteiger partial charge is 0.335 e. The smallest absolute Gasteiger partial charge is 0.315 e. The summed E-state index contributed by atoms with van der Waals surface area (Å²) in [4.78, 5) is 15.6. The molecule has 0 saturated heterocycles. The number of nitrogens with zero attached hydrogens (tertiary/aromatic N) is 2. The van der Waals surface area contributed by atoms with Crippen LogP contribution in [0.25, 0.3) is 5.65 Å². The summed E-state index contributed by atoms with van der Waals surface area (Å²) in [7, 11) is 0. The summed E-state index contributed by atoms with van der Waals surface area (Å²) < 4.78 is 1.94. The number of hydrogen-bond acceptors (Lipinski definition) is 2. The van der Waals surface area contributed by atoms with Crippen molar-refractivity contribution in [1.29, 1.82) is 0 Å². The highest BCUT2D eigenvalue weighted by atomic mass is 16.2. The van der Waals surface area contributed by atoms with E-state index in [9.17, 15) is 4.79 Å². The van der Waals surface area contributed by atoms with E-state index in [1.165, 1.54) is 0 Å². The normalized spacial score (nSPS) is 14.8. The number of carbonyl (C=O) groups is 1. The van der Waals surface area contributed by atoms with E-state index in [4.69, 9.17) is 0 Å². The molecule has 3 rings (SSSR count). The second-order valence-electron chi connectivity index (χ2n) is 4.33. The minimum Gasteiger partial charge on any atom is -0.335 e. The molecule has 0 radical (unpaired) electrons. The van der Waals surface area contributed by atoms with Gasteiger partial charge in [0.15, 0.2) is 0 Å². The molecule has 0 atom stereocenters. The van der Waals surface area contributed by atoms with Crippen LogP contribution in [-0.2, 0) is 6.54 Å². The van der Waals surface area contributed by atoms with E-state index >= 15 is 0 Å². The Kier molecular flexibility index (Phi) is 2.44. The van der Waals surface area contributed by atoms with Crippen LogP contribution in [0.4, 0.5) is 4.79 Å². The van der Waals surface area contributed by atoms with Crippen molar-refractivity contribution >= 4 is 11.7 Å². The molecule has 0 aliphatic heterocycles. The standard InChI is InChI=1S/C12H14N4O/c17-12(15-10-1-2-10)14-8-9-3-5-16-6-4-13-11(16)7-9/h3-7,10H,1-2,8H2,(H2,14,15,17). The third-order valence-corrected chi connectivity index (χ3v) is 2.83. The first-order valence-electron chi connectivity index (χ1n) is 5.77. The minimum absolute atomic E-state index is 0.0873. The summed E-state index contributed by atoms with van der Waals surface area (Å²) in [6, 6.07) is 4.25. The third-order valence-electron chi connectivity index (χ3n) is 2.83. The lowest BCUT2D eigenvalue weighted by Gasteiger charge is -2.06. The van der Waals surface area contributed by atoms with Gasteiger partial charge in [-0.25, -0.2) is 9.78 Å².